The summed E-state index contributed by atoms with van der Waals surface area (Å²) in [5.74, 6) is -0.914. The van der Waals surface area contributed by atoms with Crippen molar-refractivity contribution in [3.63, 3.8) is 0 Å². The van der Waals surface area contributed by atoms with Crippen molar-refractivity contribution in [2.45, 2.75) is 56.0 Å². The second kappa shape index (κ2) is 6.62. The number of carbonyl (C=O) groups is 1. The van der Waals surface area contributed by atoms with E-state index in [1.54, 1.807) is 25.7 Å². The lowest BCUT2D eigenvalue weighted by Crippen LogP contribution is -2.71. The van der Waals surface area contributed by atoms with Crippen LogP contribution in [0.1, 0.15) is 20.8 Å². The molecule has 1 fully saturated rings. The number of hydrogen-bond donors (Lipinski definition) is 0. The molecule has 0 aromatic heterocycles. The summed E-state index contributed by atoms with van der Waals surface area (Å²) in [4.78, 5) is 13.8. The molecule has 136 valence electrons. The Bertz CT molecular complexity index is 493. The smallest absolute Gasteiger partial charge is 0.426 e. The van der Waals surface area contributed by atoms with E-state index in [-0.39, 0.29) is 6.54 Å². The third kappa shape index (κ3) is 5.24. The molecule has 0 spiro atoms. The van der Waals surface area contributed by atoms with Crippen molar-refractivity contribution in [2.75, 3.05) is 13.1 Å². The molecular weight excluding hydrogens is 351 g/mol. The van der Waals surface area contributed by atoms with Gasteiger partial charge in [0.25, 0.3) is 6.10 Å². The highest BCUT2D eigenvalue weighted by Crippen LogP contribution is 2.37. The Morgan fingerprint density at radius 2 is 1.56 bits per heavy atom. The van der Waals surface area contributed by atoms with Gasteiger partial charge in [-0.05, 0) is 32.1 Å². The zero-order valence-electron chi connectivity index (χ0n) is 13.8. The SMILES string of the molecule is [B]C1CN(C(=O)OC(C(F)(F)F)C(F)(F)F)C([B])([B])CN1C(C)(C)C. The predicted octanol–water partition coefficient (Wildman–Crippen LogP) is 1.52. The Kier molecular flexibility index (Phi) is 5.84. The first kappa shape index (κ1) is 22.0. The van der Waals surface area contributed by atoms with E-state index in [1.165, 1.54) is 0 Å². The fourth-order valence-electron chi connectivity index (χ4n) is 2.39. The maximum atomic E-state index is 12.5. The maximum Gasteiger partial charge on any atom is 0.434 e. The van der Waals surface area contributed by atoms with Crippen molar-refractivity contribution in [1.29, 1.82) is 0 Å². The predicted molar refractivity (Wildman–Crippen MR) is 79.3 cm³/mol. The van der Waals surface area contributed by atoms with Gasteiger partial charge in [0.2, 0.25) is 0 Å². The van der Waals surface area contributed by atoms with E-state index >= 15 is 0 Å². The number of nitrogens with zero attached hydrogens (tertiary/aromatic N) is 2. The molecule has 1 aliphatic heterocycles. The molecule has 13 heteroatoms. The molecule has 0 bridgehead atoms. The number of halogens is 6. The number of alkyl halides is 6. The number of hydrogen-bond acceptors (Lipinski definition) is 3. The van der Waals surface area contributed by atoms with Gasteiger partial charge in [0, 0.05) is 18.6 Å². The third-order valence-corrected chi connectivity index (χ3v) is 3.59. The quantitative estimate of drug-likeness (QED) is 0.522. The fourth-order valence-corrected chi connectivity index (χ4v) is 2.39. The van der Waals surface area contributed by atoms with Crippen molar-refractivity contribution in [3.8, 4) is 0 Å². The Balaban J connectivity index is 3.02. The zero-order valence-corrected chi connectivity index (χ0v) is 13.8. The summed E-state index contributed by atoms with van der Waals surface area (Å²) >= 11 is 0. The Labute approximate surface area is 145 Å². The number of ether oxygens (including phenoxy) is 1. The summed E-state index contributed by atoms with van der Waals surface area (Å²) in [7, 11) is 17.3. The Morgan fingerprint density at radius 1 is 1.12 bits per heavy atom. The number of carbonyl (C=O) groups excluding carboxylic acids is 1. The van der Waals surface area contributed by atoms with Gasteiger partial charge in [0.05, 0.1) is 23.5 Å². The average Bonchev–Trinajstić information content (AvgIpc) is 2.33. The molecule has 1 rings (SSSR count). The van der Waals surface area contributed by atoms with Crippen LogP contribution in [0.3, 0.4) is 0 Å². The first-order valence-electron chi connectivity index (χ1n) is 7.09. The lowest BCUT2D eigenvalue weighted by Gasteiger charge is -2.55. The van der Waals surface area contributed by atoms with Gasteiger partial charge in [0.1, 0.15) is 0 Å². The molecule has 0 aromatic carbocycles. The topological polar surface area (TPSA) is 32.8 Å². The molecule has 1 unspecified atom stereocenters. The van der Waals surface area contributed by atoms with E-state index in [4.69, 9.17) is 23.5 Å². The van der Waals surface area contributed by atoms with Gasteiger partial charge in [-0.3, -0.25) is 0 Å². The van der Waals surface area contributed by atoms with E-state index in [1.807, 2.05) is 0 Å². The minimum Gasteiger partial charge on any atom is -0.426 e. The summed E-state index contributed by atoms with van der Waals surface area (Å²) in [6.07, 6.45) is -17.9. The third-order valence-electron chi connectivity index (χ3n) is 3.59. The second-order valence-corrected chi connectivity index (χ2v) is 6.81. The van der Waals surface area contributed by atoms with Crippen molar-refractivity contribution in [3.05, 3.63) is 0 Å². The van der Waals surface area contributed by atoms with Crippen LogP contribution in [0.25, 0.3) is 0 Å². The standard InChI is InChI=1S/C12H15B3F6N2O2/c1-9(2,3)23-5-10(14,15)22(4-6(23)13)8(24)25-7(11(16,17)18)12(19,20)21/h6-7H,4-5H2,1-3H3. The van der Waals surface area contributed by atoms with Crippen LogP contribution in [-0.4, -0.2) is 87.8 Å². The molecule has 4 nitrogen and oxygen atoms in total. The van der Waals surface area contributed by atoms with Crippen LogP contribution in [0, 0.1) is 0 Å². The van der Waals surface area contributed by atoms with Gasteiger partial charge in [-0.15, -0.1) is 0 Å². The van der Waals surface area contributed by atoms with Crippen LogP contribution in [0.2, 0.25) is 0 Å². The number of rotatable bonds is 1. The first-order chi connectivity index (χ1) is 10.9. The summed E-state index contributed by atoms with van der Waals surface area (Å²) < 4.78 is 78.7. The highest BCUT2D eigenvalue weighted by molar-refractivity contribution is 6.41. The van der Waals surface area contributed by atoms with Crippen LogP contribution < -0.4 is 0 Å². The van der Waals surface area contributed by atoms with Crippen LogP contribution in [0.5, 0.6) is 0 Å². The average molecular weight is 366 g/mol. The maximum absolute atomic E-state index is 12.5. The molecule has 1 heterocycles. The number of piperazine rings is 1. The highest BCUT2D eigenvalue weighted by atomic mass is 19.4. The van der Waals surface area contributed by atoms with E-state index in [0.29, 0.717) is 4.90 Å². The minimum absolute atomic E-state index is 0.282. The molecule has 0 aliphatic carbocycles. The Morgan fingerprint density at radius 3 is 1.92 bits per heavy atom. The van der Waals surface area contributed by atoms with Crippen molar-refractivity contribution >= 4 is 29.6 Å². The molecule has 1 amide bonds. The molecular formula is C12H15B3F6N2O2. The van der Waals surface area contributed by atoms with Gasteiger partial charge in [-0.2, -0.15) is 26.3 Å². The molecule has 6 radical (unpaired) electrons. The van der Waals surface area contributed by atoms with Gasteiger partial charge in [-0.25, -0.2) is 4.79 Å². The largest absolute Gasteiger partial charge is 0.434 e. The second-order valence-electron chi connectivity index (χ2n) is 6.81. The van der Waals surface area contributed by atoms with E-state index in [0.717, 1.165) is 0 Å². The van der Waals surface area contributed by atoms with Crippen molar-refractivity contribution in [2.24, 2.45) is 0 Å². The summed E-state index contributed by atoms with van der Waals surface area (Å²) in [6, 6.07) is 0. The fraction of sp³-hybridized carbons (Fsp3) is 0.917. The summed E-state index contributed by atoms with van der Waals surface area (Å²) in [5.41, 5.74) is -0.556. The normalized spacial score (nSPS) is 23.0. The van der Waals surface area contributed by atoms with Gasteiger partial charge in [-0.1, -0.05) is 0 Å². The van der Waals surface area contributed by atoms with Crippen LogP contribution in [0.15, 0.2) is 0 Å². The van der Waals surface area contributed by atoms with Crippen LogP contribution in [0.4, 0.5) is 31.1 Å². The van der Waals surface area contributed by atoms with Crippen molar-refractivity contribution in [1.82, 2.24) is 9.80 Å². The molecule has 25 heavy (non-hydrogen) atoms. The lowest BCUT2D eigenvalue weighted by molar-refractivity contribution is -0.308. The molecule has 1 saturated heterocycles. The van der Waals surface area contributed by atoms with E-state index in [9.17, 15) is 31.1 Å². The molecule has 1 atom stereocenters. The molecule has 0 N–H and O–H groups in total. The van der Waals surface area contributed by atoms with Crippen LogP contribution in [-0.2, 0) is 4.74 Å². The lowest BCUT2D eigenvalue weighted by atomic mass is 9.58. The van der Waals surface area contributed by atoms with E-state index in [2.05, 4.69) is 4.74 Å². The van der Waals surface area contributed by atoms with Crippen molar-refractivity contribution < 1.29 is 35.9 Å². The minimum atomic E-state index is -5.84. The summed E-state index contributed by atoms with van der Waals surface area (Å²) in [5, 5.41) is -2.07. The zero-order chi connectivity index (χ0) is 20.0. The highest BCUT2D eigenvalue weighted by Gasteiger charge is 2.60. The first-order valence-corrected chi connectivity index (χ1v) is 7.09. The molecule has 0 aromatic rings. The van der Waals surface area contributed by atoms with Crippen LogP contribution >= 0.6 is 0 Å². The van der Waals surface area contributed by atoms with Gasteiger partial charge < -0.3 is 14.5 Å². The monoisotopic (exact) mass is 366 g/mol. The van der Waals surface area contributed by atoms with Gasteiger partial charge in [0.15, 0.2) is 0 Å². The molecule has 1 aliphatic rings. The number of amides is 1. The van der Waals surface area contributed by atoms with E-state index < -0.39 is 47.9 Å². The summed E-state index contributed by atoms with van der Waals surface area (Å²) in [6.45, 7) is 4.46. The Hall–Kier alpha value is -0.995. The van der Waals surface area contributed by atoms with Gasteiger partial charge >= 0.3 is 18.4 Å². The molecule has 0 saturated carbocycles.